The maximum absolute atomic E-state index is 12.2. The Kier molecular flexibility index (Phi) is 3.27. The van der Waals surface area contributed by atoms with E-state index in [2.05, 4.69) is 27.3 Å². The molecule has 0 bridgehead atoms. The molecule has 3 N–H and O–H groups in total. The highest BCUT2D eigenvalue weighted by molar-refractivity contribution is 5.79. The van der Waals surface area contributed by atoms with Crippen LogP contribution in [-0.2, 0) is 11.2 Å². The van der Waals surface area contributed by atoms with Gasteiger partial charge in [-0.15, -0.1) is 5.10 Å². The van der Waals surface area contributed by atoms with E-state index in [1.165, 1.54) is 12.8 Å². The molecule has 2 aromatic rings. The highest BCUT2D eigenvalue weighted by atomic mass is 16.1. The number of amides is 1. The summed E-state index contributed by atoms with van der Waals surface area (Å²) in [6.45, 7) is 5.85. The van der Waals surface area contributed by atoms with Crippen LogP contribution in [0, 0.1) is 19.8 Å². The number of nitrogen functional groups attached to an aromatic ring is 1. The van der Waals surface area contributed by atoms with Crippen molar-refractivity contribution in [1.29, 1.82) is 0 Å². The Morgan fingerprint density at radius 1 is 1.43 bits per heavy atom. The molecule has 0 saturated heterocycles. The van der Waals surface area contributed by atoms with Crippen molar-refractivity contribution >= 4 is 17.6 Å². The van der Waals surface area contributed by atoms with Gasteiger partial charge in [-0.1, -0.05) is 0 Å². The molecule has 1 amide bonds. The van der Waals surface area contributed by atoms with E-state index in [1.54, 1.807) is 4.52 Å². The number of aromatic nitrogens is 4. The van der Waals surface area contributed by atoms with Crippen LogP contribution in [0.3, 0.4) is 0 Å². The van der Waals surface area contributed by atoms with Crippen LogP contribution in [-0.4, -0.2) is 31.5 Å². The molecule has 21 heavy (non-hydrogen) atoms. The lowest BCUT2D eigenvalue weighted by Gasteiger charge is -2.14. The molecule has 1 fully saturated rings. The first-order chi connectivity index (χ1) is 9.95. The average Bonchev–Trinajstić information content (AvgIpc) is 3.18. The van der Waals surface area contributed by atoms with Crippen LogP contribution < -0.4 is 11.1 Å². The van der Waals surface area contributed by atoms with Crippen molar-refractivity contribution in [1.82, 2.24) is 24.9 Å². The number of carbonyl (C=O) groups is 1. The Morgan fingerprint density at radius 3 is 2.81 bits per heavy atom. The predicted octanol–water partition coefficient (Wildman–Crippen LogP) is 0.781. The Hall–Kier alpha value is -2.18. The van der Waals surface area contributed by atoms with Crippen molar-refractivity contribution in [2.75, 3.05) is 5.73 Å². The summed E-state index contributed by atoms with van der Waals surface area (Å²) in [5, 5.41) is 7.17. The van der Waals surface area contributed by atoms with E-state index in [-0.39, 0.29) is 17.9 Å². The quantitative estimate of drug-likeness (QED) is 0.866. The Morgan fingerprint density at radius 2 is 2.14 bits per heavy atom. The van der Waals surface area contributed by atoms with Crippen molar-refractivity contribution in [3.05, 3.63) is 17.0 Å². The van der Waals surface area contributed by atoms with Gasteiger partial charge in [0.2, 0.25) is 11.9 Å². The summed E-state index contributed by atoms with van der Waals surface area (Å²) in [5.74, 6) is 1.33. The van der Waals surface area contributed by atoms with Crippen molar-refractivity contribution in [2.24, 2.45) is 5.92 Å². The molecule has 1 atom stereocenters. The minimum Gasteiger partial charge on any atom is -0.366 e. The van der Waals surface area contributed by atoms with Gasteiger partial charge in [-0.3, -0.25) is 4.79 Å². The van der Waals surface area contributed by atoms with E-state index in [1.807, 2.05) is 13.8 Å². The average molecular weight is 288 g/mol. The zero-order chi connectivity index (χ0) is 15.1. The van der Waals surface area contributed by atoms with Gasteiger partial charge in [0.05, 0.1) is 6.42 Å². The van der Waals surface area contributed by atoms with Crippen molar-refractivity contribution in [3.8, 4) is 0 Å². The molecule has 0 spiro atoms. The zero-order valence-electron chi connectivity index (χ0n) is 12.6. The summed E-state index contributed by atoms with van der Waals surface area (Å²) >= 11 is 0. The molecule has 7 nitrogen and oxygen atoms in total. The normalized spacial score (nSPS) is 16.1. The Bertz CT molecular complexity index is 703. The van der Waals surface area contributed by atoms with Gasteiger partial charge in [0, 0.05) is 23.0 Å². The van der Waals surface area contributed by atoms with E-state index in [0.717, 1.165) is 17.0 Å². The standard InChI is InChI=1S/C14H20N6O/c1-7(10-4-5-10)16-12(21)6-11-8(2)17-14-18-13(15)19-20(14)9(11)3/h7,10H,4-6H2,1-3H3,(H2,15,19)(H,16,21)/t7-/m1/s1. The van der Waals surface area contributed by atoms with E-state index < -0.39 is 0 Å². The third-order valence-corrected chi connectivity index (χ3v) is 4.12. The number of nitrogens with one attached hydrogen (secondary N) is 1. The largest absolute Gasteiger partial charge is 0.366 e. The molecule has 3 rings (SSSR count). The first-order valence-corrected chi connectivity index (χ1v) is 7.23. The maximum Gasteiger partial charge on any atom is 0.254 e. The predicted molar refractivity (Wildman–Crippen MR) is 78.7 cm³/mol. The van der Waals surface area contributed by atoms with Crippen LogP contribution in [0.25, 0.3) is 5.78 Å². The van der Waals surface area contributed by atoms with Gasteiger partial charge >= 0.3 is 0 Å². The maximum atomic E-state index is 12.2. The summed E-state index contributed by atoms with van der Waals surface area (Å²) in [6, 6.07) is 0.247. The fourth-order valence-corrected chi connectivity index (χ4v) is 2.66. The lowest BCUT2D eigenvalue weighted by molar-refractivity contribution is -0.121. The molecule has 0 radical (unpaired) electrons. The molecule has 0 aromatic carbocycles. The molecule has 1 aliphatic carbocycles. The highest BCUT2D eigenvalue weighted by Gasteiger charge is 2.29. The SMILES string of the molecule is Cc1nc2nc(N)nn2c(C)c1CC(=O)N[C@H](C)C1CC1. The second-order valence-electron chi connectivity index (χ2n) is 5.81. The highest BCUT2D eigenvalue weighted by Crippen LogP contribution is 2.32. The van der Waals surface area contributed by atoms with Crippen LogP contribution in [0.2, 0.25) is 0 Å². The van der Waals surface area contributed by atoms with Crippen LogP contribution in [0.15, 0.2) is 0 Å². The molecular weight excluding hydrogens is 268 g/mol. The molecule has 0 aliphatic heterocycles. The third kappa shape index (κ3) is 2.68. The second kappa shape index (κ2) is 4.98. The van der Waals surface area contributed by atoms with Crippen molar-refractivity contribution in [3.63, 3.8) is 0 Å². The zero-order valence-corrected chi connectivity index (χ0v) is 12.6. The summed E-state index contributed by atoms with van der Waals surface area (Å²) in [7, 11) is 0. The minimum absolute atomic E-state index is 0.0230. The van der Waals surface area contributed by atoms with Gasteiger partial charge in [0.25, 0.3) is 5.78 Å². The molecule has 2 aromatic heterocycles. The van der Waals surface area contributed by atoms with Gasteiger partial charge in [-0.25, -0.2) is 4.98 Å². The summed E-state index contributed by atoms with van der Waals surface area (Å²) in [5.41, 5.74) is 8.14. The number of hydrogen-bond donors (Lipinski definition) is 2. The number of carbonyl (C=O) groups excluding carboxylic acids is 1. The number of fused-ring (bicyclic) bond motifs is 1. The molecule has 1 aliphatic rings. The van der Waals surface area contributed by atoms with Crippen molar-refractivity contribution < 1.29 is 4.79 Å². The van der Waals surface area contributed by atoms with Gasteiger partial charge in [0.1, 0.15) is 0 Å². The molecular formula is C14H20N6O. The first kappa shape index (κ1) is 13.8. The fourth-order valence-electron chi connectivity index (χ4n) is 2.66. The molecule has 112 valence electrons. The van der Waals surface area contributed by atoms with Crippen molar-refractivity contribution in [2.45, 2.75) is 46.1 Å². The van der Waals surface area contributed by atoms with Crippen LogP contribution >= 0.6 is 0 Å². The van der Waals surface area contributed by atoms with E-state index in [9.17, 15) is 4.79 Å². The van der Waals surface area contributed by atoms with E-state index in [4.69, 9.17) is 5.73 Å². The van der Waals surface area contributed by atoms with E-state index in [0.29, 0.717) is 18.1 Å². The van der Waals surface area contributed by atoms with Gasteiger partial charge in [0.15, 0.2) is 0 Å². The number of nitrogens with two attached hydrogens (primary N) is 1. The number of nitrogens with zero attached hydrogens (tertiary/aromatic N) is 4. The number of anilines is 1. The van der Waals surface area contributed by atoms with Gasteiger partial charge in [-0.2, -0.15) is 9.50 Å². The molecule has 1 saturated carbocycles. The summed E-state index contributed by atoms with van der Waals surface area (Å²) in [4.78, 5) is 20.6. The van der Waals surface area contributed by atoms with Gasteiger partial charge in [-0.05, 0) is 39.5 Å². The number of aryl methyl sites for hydroxylation is 2. The lowest BCUT2D eigenvalue weighted by Crippen LogP contribution is -2.35. The summed E-state index contributed by atoms with van der Waals surface area (Å²) < 4.78 is 1.59. The minimum atomic E-state index is 0.0230. The molecule has 2 heterocycles. The van der Waals surface area contributed by atoms with Gasteiger partial charge < -0.3 is 11.1 Å². The molecule has 7 heteroatoms. The second-order valence-corrected chi connectivity index (χ2v) is 5.81. The topological polar surface area (TPSA) is 98.2 Å². The van der Waals surface area contributed by atoms with Crippen LogP contribution in [0.5, 0.6) is 0 Å². The van der Waals surface area contributed by atoms with Crippen LogP contribution in [0.1, 0.15) is 36.7 Å². The third-order valence-electron chi connectivity index (χ3n) is 4.12. The van der Waals surface area contributed by atoms with E-state index >= 15 is 0 Å². The van der Waals surface area contributed by atoms with Crippen LogP contribution in [0.4, 0.5) is 5.95 Å². The lowest BCUT2D eigenvalue weighted by atomic mass is 10.1. The Balaban J connectivity index is 1.83. The monoisotopic (exact) mass is 288 g/mol. The first-order valence-electron chi connectivity index (χ1n) is 7.23. The number of hydrogen-bond acceptors (Lipinski definition) is 5. The Labute approximate surface area is 123 Å². The number of rotatable bonds is 4. The molecule has 0 unspecified atom stereocenters. The smallest absolute Gasteiger partial charge is 0.254 e. The fraction of sp³-hybridized carbons (Fsp3) is 0.571. The summed E-state index contributed by atoms with van der Waals surface area (Å²) in [6.07, 6.45) is 2.73.